The van der Waals surface area contributed by atoms with Crippen LogP contribution in [0.15, 0.2) is 53.5 Å². The van der Waals surface area contributed by atoms with Crippen LogP contribution < -0.4 is 5.43 Å². The maximum absolute atomic E-state index is 12.1. The Kier molecular flexibility index (Phi) is 4.75. The number of nitrogens with zero attached hydrogens (tertiary/aromatic N) is 1. The molecule has 0 fully saturated rings. The van der Waals surface area contributed by atoms with Gasteiger partial charge in [0.15, 0.2) is 5.43 Å². The van der Waals surface area contributed by atoms with Crippen LogP contribution in [0, 0.1) is 18.3 Å². The zero-order chi connectivity index (χ0) is 16.1. The van der Waals surface area contributed by atoms with Crippen molar-refractivity contribution in [1.82, 2.24) is 4.98 Å². The van der Waals surface area contributed by atoms with Crippen molar-refractivity contribution in [2.45, 2.75) is 20.8 Å². The van der Waals surface area contributed by atoms with Crippen molar-refractivity contribution < 1.29 is 0 Å². The van der Waals surface area contributed by atoms with Crippen LogP contribution >= 0.6 is 0 Å². The van der Waals surface area contributed by atoms with Crippen LogP contribution in [-0.4, -0.2) is 4.98 Å². The molecule has 1 N–H and O–H groups in total. The topological polar surface area (TPSA) is 56.6 Å². The minimum atomic E-state index is 0.0502. The highest BCUT2D eigenvalue weighted by atomic mass is 16.1. The predicted molar refractivity (Wildman–Crippen MR) is 90.8 cm³/mol. The molecular formula is C19H18N2O. The van der Waals surface area contributed by atoms with Crippen molar-refractivity contribution >= 4 is 10.9 Å². The third-order valence-electron chi connectivity index (χ3n) is 3.43. The predicted octanol–water partition coefficient (Wildman–Crippen LogP) is 4.40. The number of rotatable bonds is 1. The van der Waals surface area contributed by atoms with Gasteiger partial charge in [-0.25, -0.2) is 0 Å². The number of aryl methyl sites for hydroxylation is 1. The number of benzene rings is 2. The fourth-order valence-corrected chi connectivity index (χ4v) is 2.32. The molecular weight excluding hydrogens is 272 g/mol. The maximum Gasteiger partial charge on any atom is 0.192 e. The number of nitriles is 1. The Bertz CT molecular complexity index is 884. The molecule has 22 heavy (non-hydrogen) atoms. The Balaban J connectivity index is 0.000000847. The van der Waals surface area contributed by atoms with Gasteiger partial charge in [0.2, 0.25) is 0 Å². The van der Waals surface area contributed by atoms with Gasteiger partial charge in [0, 0.05) is 22.7 Å². The molecule has 0 aliphatic rings. The summed E-state index contributed by atoms with van der Waals surface area (Å²) in [4.78, 5) is 15.3. The largest absolute Gasteiger partial charge is 0.360 e. The second-order valence-electron chi connectivity index (χ2n) is 4.72. The molecule has 0 saturated heterocycles. The zero-order valence-electron chi connectivity index (χ0n) is 13.0. The van der Waals surface area contributed by atoms with Crippen molar-refractivity contribution in [3.8, 4) is 17.2 Å². The summed E-state index contributed by atoms with van der Waals surface area (Å²) >= 11 is 0. The van der Waals surface area contributed by atoms with E-state index in [0.717, 1.165) is 16.6 Å². The highest BCUT2D eigenvalue weighted by molar-refractivity contribution is 5.93. The summed E-state index contributed by atoms with van der Waals surface area (Å²) in [6, 6.07) is 15.1. The normalized spacial score (nSPS) is 9.73. The number of hydrogen-bond acceptors (Lipinski definition) is 2. The van der Waals surface area contributed by atoms with Crippen molar-refractivity contribution in [1.29, 1.82) is 5.26 Å². The average molecular weight is 290 g/mol. The number of fused-ring (bicyclic) bond motifs is 1. The molecule has 0 aliphatic carbocycles. The number of H-pyrrole nitrogens is 1. The van der Waals surface area contributed by atoms with E-state index in [-0.39, 0.29) is 5.43 Å². The van der Waals surface area contributed by atoms with E-state index in [0.29, 0.717) is 16.5 Å². The molecule has 0 saturated carbocycles. The summed E-state index contributed by atoms with van der Waals surface area (Å²) in [5, 5.41) is 9.53. The summed E-state index contributed by atoms with van der Waals surface area (Å²) in [7, 11) is 0. The van der Waals surface area contributed by atoms with Gasteiger partial charge in [0.1, 0.15) is 0 Å². The molecule has 0 bridgehead atoms. The van der Waals surface area contributed by atoms with Crippen LogP contribution in [0.3, 0.4) is 0 Å². The van der Waals surface area contributed by atoms with Gasteiger partial charge in [-0.2, -0.15) is 5.26 Å². The molecule has 1 heterocycles. The van der Waals surface area contributed by atoms with Crippen LogP contribution in [0.1, 0.15) is 25.0 Å². The Hall–Kier alpha value is -2.86. The standard InChI is InChI=1S/C17H12N2O.C2H6/c1-11-10-19-16-14(3-2-4-15(16)17(11)20)13-7-5-12(9-18)6-8-13;1-2/h2-8,10H,1H3,(H,19,20);1-2H3. The minimum Gasteiger partial charge on any atom is -0.360 e. The van der Waals surface area contributed by atoms with E-state index in [9.17, 15) is 4.79 Å². The van der Waals surface area contributed by atoms with E-state index in [1.165, 1.54) is 0 Å². The van der Waals surface area contributed by atoms with Crippen molar-refractivity contribution in [3.63, 3.8) is 0 Å². The van der Waals surface area contributed by atoms with Gasteiger partial charge in [0.25, 0.3) is 0 Å². The lowest BCUT2D eigenvalue weighted by Gasteiger charge is -2.07. The van der Waals surface area contributed by atoms with E-state index in [1.54, 1.807) is 25.3 Å². The summed E-state index contributed by atoms with van der Waals surface area (Å²) in [6.45, 7) is 5.80. The molecule has 0 atom stereocenters. The summed E-state index contributed by atoms with van der Waals surface area (Å²) in [5.74, 6) is 0. The third kappa shape index (κ3) is 2.77. The van der Waals surface area contributed by atoms with E-state index < -0.39 is 0 Å². The molecule has 2 aromatic carbocycles. The first kappa shape index (κ1) is 15.5. The fourth-order valence-electron chi connectivity index (χ4n) is 2.32. The first-order chi connectivity index (χ1) is 10.7. The summed E-state index contributed by atoms with van der Waals surface area (Å²) < 4.78 is 0. The van der Waals surface area contributed by atoms with Gasteiger partial charge in [-0.05, 0) is 30.7 Å². The van der Waals surface area contributed by atoms with E-state index in [2.05, 4.69) is 11.1 Å². The van der Waals surface area contributed by atoms with Crippen molar-refractivity contribution in [2.75, 3.05) is 0 Å². The van der Waals surface area contributed by atoms with Crippen LogP contribution in [-0.2, 0) is 0 Å². The third-order valence-corrected chi connectivity index (χ3v) is 3.43. The van der Waals surface area contributed by atoms with E-state index in [4.69, 9.17) is 5.26 Å². The second-order valence-corrected chi connectivity index (χ2v) is 4.72. The summed E-state index contributed by atoms with van der Waals surface area (Å²) in [5.41, 5.74) is 4.15. The van der Waals surface area contributed by atoms with Gasteiger partial charge < -0.3 is 4.98 Å². The Morgan fingerprint density at radius 1 is 1.05 bits per heavy atom. The molecule has 0 spiro atoms. The monoisotopic (exact) mass is 290 g/mol. The molecule has 3 nitrogen and oxygen atoms in total. The molecule has 1 aromatic heterocycles. The van der Waals surface area contributed by atoms with Gasteiger partial charge in [-0.3, -0.25) is 4.79 Å². The van der Waals surface area contributed by atoms with Crippen molar-refractivity contribution in [3.05, 3.63) is 70.0 Å². The molecule has 0 radical (unpaired) electrons. The van der Waals surface area contributed by atoms with E-state index in [1.807, 2.05) is 44.2 Å². The molecule has 3 rings (SSSR count). The SMILES string of the molecule is CC.Cc1c[nH]c2c(-c3ccc(C#N)cc3)cccc2c1=O. The smallest absolute Gasteiger partial charge is 0.192 e. The minimum absolute atomic E-state index is 0.0502. The molecule has 0 aliphatic heterocycles. The number of para-hydroxylation sites is 1. The fraction of sp³-hybridized carbons (Fsp3) is 0.158. The Morgan fingerprint density at radius 3 is 2.36 bits per heavy atom. The molecule has 3 aromatic rings. The average Bonchev–Trinajstić information content (AvgIpc) is 2.60. The maximum atomic E-state index is 12.1. The summed E-state index contributed by atoms with van der Waals surface area (Å²) in [6.07, 6.45) is 1.73. The van der Waals surface area contributed by atoms with Crippen LogP contribution in [0.4, 0.5) is 0 Å². The highest BCUT2D eigenvalue weighted by Crippen LogP contribution is 2.26. The number of hydrogen-bond donors (Lipinski definition) is 1. The first-order valence-electron chi connectivity index (χ1n) is 7.32. The lowest BCUT2D eigenvalue weighted by atomic mass is 10.0. The van der Waals surface area contributed by atoms with Gasteiger partial charge in [-0.1, -0.05) is 38.1 Å². The van der Waals surface area contributed by atoms with Crippen molar-refractivity contribution in [2.24, 2.45) is 0 Å². The van der Waals surface area contributed by atoms with Crippen LogP contribution in [0.5, 0.6) is 0 Å². The van der Waals surface area contributed by atoms with Crippen LogP contribution in [0.2, 0.25) is 0 Å². The number of aromatic amines is 1. The second kappa shape index (κ2) is 6.73. The van der Waals surface area contributed by atoms with Crippen LogP contribution in [0.25, 0.3) is 22.0 Å². The lowest BCUT2D eigenvalue weighted by molar-refractivity contribution is 1.30. The Labute approximate surface area is 129 Å². The number of aromatic nitrogens is 1. The molecule has 0 unspecified atom stereocenters. The number of nitrogens with one attached hydrogen (secondary N) is 1. The van der Waals surface area contributed by atoms with Gasteiger partial charge in [-0.15, -0.1) is 0 Å². The quantitative estimate of drug-likeness (QED) is 0.722. The lowest BCUT2D eigenvalue weighted by Crippen LogP contribution is -2.06. The molecule has 0 amide bonds. The highest BCUT2D eigenvalue weighted by Gasteiger charge is 2.07. The van der Waals surface area contributed by atoms with Gasteiger partial charge in [0.05, 0.1) is 17.1 Å². The Morgan fingerprint density at radius 2 is 1.73 bits per heavy atom. The zero-order valence-corrected chi connectivity index (χ0v) is 13.0. The van der Waals surface area contributed by atoms with E-state index >= 15 is 0 Å². The molecule has 3 heteroatoms. The first-order valence-corrected chi connectivity index (χ1v) is 7.32. The number of pyridine rings is 1. The molecule has 110 valence electrons. The van der Waals surface area contributed by atoms with Gasteiger partial charge >= 0.3 is 0 Å².